The molecule has 3 nitrogen and oxygen atoms in total. The third-order valence-electron chi connectivity index (χ3n) is 4.47. The van der Waals surface area contributed by atoms with Crippen LogP contribution in [-0.4, -0.2) is 21.8 Å². The summed E-state index contributed by atoms with van der Waals surface area (Å²) in [6.45, 7) is 2.23. The lowest BCUT2D eigenvalue weighted by Gasteiger charge is -2.02. The molecule has 1 aliphatic rings. The van der Waals surface area contributed by atoms with Crippen LogP contribution in [0.3, 0.4) is 0 Å². The number of carbonyl (C=O) groups excluding carboxylic acids is 2. The van der Waals surface area contributed by atoms with Gasteiger partial charge in [0.1, 0.15) is 11.3 Å². The molecule has 0 aromatic carbocycles. The van der Waals surface area contributed by atoms with E-state index in [2.05, 4.69) is 31.2 Å². The molecule has 4 heteroatoms. The van der Waals surface area contributed by atoms with E-state index in [-0.39, 0.29) is 28.0 Å². The summed E-state index contributed by atoms with van der Waals surface area (Å²) in [5.41, 5.74) is 0.0413. The number of ketones is 1. The molecule has 0 saturated carbocycles. The van der Waals surface area contributed by atoms with Crippen LogP contribution < -0.4 is 0 Å². The van der Waals surface area contributed by atoms with Crippen molar-refractivity contribution in [3.8, 4) is 0 Å². The quantitative estimate of drug-likeness (QED) is 0.202. The van der Waals surface area contributed by atoms with Crippen LogP contribution in [-0.2, 0) is 9.59 Å². The van der Waals surface area contributed by atoms with Crippen molar-refractivity contribution in [2.24, 2.45) is 0 Å². The molecule has 0 aliphatic carbocycles. The van der Waals surface area contributed by atoms with E-state index in [0.717, 1.165) is 43.9 Å². The van der Waals surface area contributed by atoms with E-state index in [9.17, 15) is 14.7 Å². The van der Waals surface area contributed by atoms with Crippen molar-refractivity contribution in [1.29, 1.82) is 0 Å². The molecule has 146 valence electrons. The van der Waals surface area contributed by atoms with Crippen LogP contribution in [0.15, 0.2) is 35.6 Å². The molecule has 0 aromatic heterocycles. The van der Waals surface area contributed by atoms with Crippen molar-refractivity contribution in [2.75, 3.05) is 5.75 Å². The molecule has 0 saturated heterocycles. The fraction of sp³-hybridized carbons (Fsp3) is 0.636. The van der Waals surface area contributed by atoms with Gasteiger partial charge in [-0.25, -0.2) is 0 Å². The van der Waals surface area contributed by atoms with E-state index in [1.165, 1.54) is 38.5 Å². The molecular formula is C22H34O3S. The molecule has 0 bridgehead atoms. The summed E-state index contributed by atoms with van der Waals surface area (Å²) in [4.78, 5) is 23.4. The third kappa shape index (κ3) is 10.0. The summed E-state index contributed by atoms with van der Waals surface area (Å²) in [7, 11) is 0. The normalized spacial score (nSPS) is 15.0. The first-order chi connectivity index (χ1) is 12.7. The number of hydrogen-bond acceptors (Lipinski definition) is 4. The van der Waals surface area contributed by atoms with Gasteiger partial charge in [0.2, 0.25) is 5.12 Å². The van der Waals surface area contributed by atoms with Crippen molar-refractivity contribution in [3.63, 3.8) is 0 Å². The van der Waals surface area contributed by atoms with Gasteiger partial charge in [0.25, 0.3) is 0 Å². The van der Waals surface area contributed by atoms with Crippen LogP contribution in [0.2, 0.25) is 0 Å². The smallest absolute Gasteiger partial charge is 0.226 e. The Bertz CT molecular complexity index is 517. The zero-order valence-corrected chi connectivity index (χ0v) is 17.0. The molecule has 0 fully saturated rings. The van der Waals surface area contributed by atoms with Crippen LogP contribution in [0.4, 0.5) is 0 Å². The van der Waals surface area contributed by atoms with Crippen molar-refractivity contribution < 1.29 is 14.7 Å². The first-order valence-electron chi connectivity index (χ1n) is 10.1. The number of thioether (sulfide) groups is 1. The Balaban J connectivity index is 1.93. The number of allylic oxidation sites excluding steroid dienone is 4. The topological polar surface area (TPSA) is 54.4 Å². The largest absolute Gasteiger partial charge is 0.510 e. The number of rotatable bonds is 15. The molecule has 0 amide bonds. The van der Waals surface area contributed by atoms with Crippen LogP contribution in [0.1, 0.15) is 84.0 Å². The maximum atomic E-state index is 11.9. The summed E-state index contributed by atoms with van der Waals surface area (Å²) >= 11 is 1.01. The minimum atomic E-state index is -0.268. The van der Waals surface area contributed by atoms with Crippen LogP contribution in [0, 0.1) is 0 Å². The Labute approximate surface area is 163 Å². The lowest BCUT2D eigenvalue weighted by Crippen LogP contribution is -2.08. The molecule has 0 atom stereocenters. The Kier molecular flexibility index (Phi) is 13.0. The van der Waals surface area contributed by atoms with Gasteiger partial charge in [0.15, 0.2) is 5.78 Å². The summed E-state index contributed by atoms with van der Waals surface area (Å²) in [5.74, 6) is 0.0259. The minimum absolute atomic E-state index is 0.0346. The molecule has 1 heterocycles. The molecule has 0 spiro atoms. The fourth-order valence-electron chi connectivity index (χ4n) is 2.89. The average molecular weight is 379 g/mol. The highest BCUT2D eigenvalue weighted by Gasteiger charge is 2.28. The van der Waals surface area contributed by atoms with Crippen LogP contribution in [0.25, 0.3) is 0 Å². The Hall–Kier alpha value is -1.29. The van der Waals surface area contributed by atoms with Gasteiger partial charge >= 0.3 is 0 Å². The Morgan fingerprint density at radius 1 is 0.962 bits per heavy atom. The van der Waals surface area contributed by atoms with E-state index < -0.39 is 0 Å². The van der Waals surface area contributed by atoms with E-state index in [1.807, 2.05) is 0 Å². The second kappa shape index (κ2) is 14.8. The second-order valence-electron chi connectivity index (χ2n) is 6.80. The van der Waals surface area contributed by atoms with Crippen molar-refractivity contribution in [2.45, 2.75) is 84.0 Å². The molecule has 0 unspecified atom stereocenters. The molecule has 26 heavy (non-hydrogen) atoms. The third-order valence-corrected chi connectivity index (χ3v) is 5.35. The van der Waals surface area contributed by atoms with E-state index >= 15 is 0 Å². The van der Waals surface area contributed by atoms with Gasteiger partial charge in [-0.05, 0) is 38.5 Å². The average Bonchev–Trinajstić information content (AvgIpc) is 2.96. The zero-order valence-electron chi connectivity index (χ0n) is 16.2. The summed E-state index contributed by atoms with van der Waals surface area (Å²) in [6.07, 6.45) is 22.0. The maximum Gasteiger partial charge on any atom is 0.226 e. The van der Waals surface area contributed by atoms with Crippen molar-refractivity contribution in [1.82, 2.24) is 0 Å². The van der Waals surface area contributed by atoms with E-state index in [1.54, 1.807) is 0 Å². The van der Waals surface area contributed by atoms with Crippen molar-refractivity contribution >= 4 is 22.7 Å². The minimum Gasteiger partial charge on any atom is -0.510 e. The van der Waals surface area contributed by atoms with E-state index in [4.69, 9.17) is 0 Å². The molecule has 1 rings (SSSR count). The molecule has 1 aliphatic heterocycles. The fourth-order valence-corrected chi connectivity index (χ4v) is 3.68. The SMILES string of the molecule is CCCCC/C=C\C/C=C\CCCCCCCC(=O)C1=C(O)CSC1=O. The van der Waals surface area contributed by atoms with Crippen LogP contribution in [0.5, 0.6) is 0 Å². The highest BCUT2D eigenvalue weighted by molar-refractivity contribution is 8.14. The van der Waals surface area contributed by atoms with Gasteiger partial charge in [0, 0.05) is 6.42 Å². The lowest BCUT2D eigenvalue weighted by atomic mass is 10.0. The summed E-state index contributed by atoms with van der Waals surface area (Å²) in [6, 6.07) is 0. The number of aliphatic hydroxyl groups is 1. The van der Waals surface area contributed by atoms with Crippen molar-refractivity contribution in [3.05, 3.63) is 35.6 Å². The Morgan fingerprint density at radius 3 is 2.19 bits per heavy atom. The van der Waals surface area contributed by atoms with Gasteiger partial charge in [0.05, 0.1) is 5.75 Å². The van der Waals surface area contributed by atoms with Gasteiger partial charge in [-0.3, -0.25) is 9.59 Å². The lowest BCUT2D eigenvalue weighted by molar-refractivity contribution is -0.118. The van der Waals surface area contributed by atoms with Gasteiger partial charge in [-0.15, -0.1) is 0 Å². The first-order valence-corrected chi connectivity index (χ1v) is 11.1. The second-order valence-corrected chi connectivity index (χ2v) is 7.75. The number of carbonyl (C=O) groups is 2. The molecule has 1 N–H and O–H groups in total. The predicted molar refractivity (Wildman–Crippen MR) is 111 cm³/mol. The first kappa shape index (κ1) is 22.8. The standard InChI is InChI=1S/C22H34O3S/c1-2-3-4-5-6-7-8-9-10-11-12-13-14-15-16-17-19(23)21-20(24)18-26-22(21)25/h6-7,9-10,24H,2-5,8,11-18H2,1H3/b7-6-,10-9-. The summed E-state index contributed by atoms with van der Waals surface area (Å²) in [5, 5.41) is 9.29. The van der Waals surface area contributed by atoms with Gasteiger partial charge in [-0.2, -0.15) is 0 Å². The number of aliphatic hydroxyl groups excluding tert-OH is 1. The molecular weight excluding hydrogens is 344 g/mol. The Morgan fingerprint density at radius 2 is 1.58 bits per heavy atom. The highest BCUT2D eigenvalue weighted by Crippen LogP contribution is 2.26. The summed E-state index contributed by atoms with van der Waals surface area (Å²) < 4.78 is 0. The molecule has 0 radical (unpaired) electrons. The number of unbranched alkanes of at least 4 members (excludes halogenated alkanes) is 8. The monoisotopic (exact) mass is 378 g/mol. The van der Waals surface area contributed by atoms with Crippen LogP contribution >= 0.6 is 11.8 Å². The van der Waals surface area contributed by atoms with Gasteiger partial charge in [-0.1, -0.05) is 75.1 Å². The number of hydrogen-bond donors (Lipinski definition) is 1. The van der Waals surface area contributed by atoms with Gasteiger partial charge < -0.3 is 5.11 Å². The number of Topliss-reactive ketones (excluding diaryl/α,β-unsaturated/α-hetero) is 1. The highest BCUT2D eigenvalue weighted by atomic mass is 32.2. The maximum absolute atomic E-state index is 11.9. The molecule has 0 aromatic rings. The zero-order chi connectivity index (χ0) is 19.0. The van der Waals surface area contributed by atoms with E-state index in [0.29, 0.717) is 6.42 Å². The predicted octanol–water partition coefficient (Wildman–Crippen LogP) is 6.45.